The van der Waals surface area contributed by atoms with E-state index in [1.54, 1.807) is 0 Å². The third-order valence-electron chi connectivity index (χ3n) is 14.1. The van der Waals surface area contributed by atoms with Crippen LogP contribution >= 0.6 is 0 Å². The molecule has 2 nitrogen and oxygen atoms in total. The Bertz CT molecular complexity index is 651. The second-order valence-corrected chi connectivity index (χ2v) is 20.3. The molecule has 0 aliphatic carbocycles. The number of nitrogens with two attached hydrogens (primary N) is 1. The normalized spacial score (nSPS) is 11.8. The Balaban J connectivity index is 3.29. The molecule has 0 unspecified atom stereocenters. The highest BCUT2D eigenvalue weighted by Gasteiger charge is 2.04. The van der Waals surface area contributed by atoms with E-state index in [2.05, 4.69) is 18.7 Å². The van der Waals surface area contributed by atoms with E-state index in [4.69, 9.17) is 5.73 Å². The Morgan fingerprint density at radius 1 is 0.183 bits per heavy atom. The second kappa shape index (κ2) is 56.9. The van der Waals surface area contributed by atoms with E-state index in [-0.39, 0.29) is 0 Å². The molecule has 0 atom stereocenters. The summed E-state index contributed by atoms with van der Waals surface area (Å²) in [7, 11) is 0. The van der Waals surface area contributed by atoms with Crippen LogP contribution in [-0.2, 0) is 0 Å². The van der Waals surface area contributed by atoms with Crippen molar-refractivity contribution in [3.05, 3.63) is 0 Å². The lowest BCUT2D eigenvalue weighted by atomic mass is 10.0. The highest BCUT2D eigenvalue weighted by molar-refractivity contribution is 4.61. The van der Waals surface area contributed by atoms with Gasteiger partial charge in [-0.2, -0.15) is 0 Å². The number of rotatable bonds is 56. The molecule has 0 aromatic heterocycles. The maximum Gasteiger partial charge on any atom is 0.0105 e. The van der Waals surface area contributed by atoms with Gasteiger partial charge in [0.2, 0.25) is 0 Å². The molecule has 0 radical (unpaired) electrons. The molecule has 0 aromatic rings. The molecule has 0 aliphatic rings. The molecule has 0 spiro atoms. The van der Waals surface area contributed by atoms with E-state index in [0.29, 0.717) is 0 Å². The minimum Gasteiger partial charge on any atom is -0.329 e. The molecule has 0 bridgehead atoms. The molecule has 0 fully saturated rings. The van der Waals surface area contributed by atoms with Gasteiger partial charge in [0, 0.05) is 13.1 Å². The monoisotopic (exact) mass is 845 g/mol. The molecule has 0 heterocycles. The number of unbranched alkanes of at least 4 members (excludes halogenated alkanes) is 50. The van der Waals surface area contributed by atoms with E-state index in [1.165, 1.54) is 347 Å². The second-order valence-electron chi connectivity index (χ2n) is 20.3. The van der Waals surface area contributed by atoms with Crippen molar-refractivity contribution in [1.29, 1.82) is 0 Å². The molecule has 0 amide bonds. The molecule has 2 N–H and O–H groups in total. The Morgan fingerprint density at radius 2 is 0.317 bits per heavy atom. The average molecular weight is 846 g/mol. The zero-order chi connectivity index (χ0) is 43.2. The summed E-state index contributed by atoms with van der Waals surface area (Å²) >= 11 is 0. The maximum atomic E-state index is 5.98. The largest absolute Gasteiger partial charge is 0.329 e. The highest BCUT2D eigenvalue weighted by atomic mass is 15.1. The zero-order valence-electron chi connectivity index (χ0n) is 42.6. The van der Waals surface area contributed by atoms with E-state index in [9.17, 15) is 0 Å². The first kappa shape index (κ1) is 59.9. The van der Waals surface area contributed by atoms with Gasteiger partial charge in [-0.1, -0.05) is 335 Å². The van der Waals surface area contributed by atoms with Crippen LogP contribution in [0.3, 0.4) is 0 Å². The van der Waals surface area contributed by atoms with Crippen LogP contribution in [0.4, 0.5) is 0 Å². The van der Waals surface area contributed by atoms with Crippen molar-refractivity contribution < 1.29 is 0 Å². The number of nitrogens with zero attached hydrogens (tertiary/aromatic N) is 1. The highest BCUT2D eigenvalue weighted by Crippen LogP contribution is 2.18. The van der Waals surface area contributed by atoms with Gasteiger partial charge in [0.15, 0.2) is 0 Å². The minimum absolute atomic E-state index is 0.818. The van der Waals surface area contributed by atoms with Crippen molar-refractivity contribution in [2.24, 2.45) is 5.73 Å². The van der Waals surface area contributed by atoms with Crippen LogP contribution in [0.5, 0.6) is 0 Å². The number of hydrogen-bond acceptors (Lipinski definition) is 2. The molecule has 0 aromatic carbocycles. The summed E-state index contributed by atoms with van der Waals surface area (Å²) in [6.07, 6.45) is 76.3. The first-order valence-corrected chi connectivity index (χ1v) is 29.3. The molecular weight excluding hydrogens is 725 g/mol. The van der Waals surface area contributed by atoms with Crippen LogP contribution < -0.4 is 5.73 Å². The van der Waals surface area contributed by atoms with Gasteiger partial charge in [-0.15, -0.1) is 0 Å². The molecular formula is C58H120N2. The molecule has 0 saturated heterocycles. The summed E-state index contributed by atoms with van der Waals surface area (Å²) in [5.74, 6) is 0. The summed E-state index contributed by atoms with van der Waals surface area (Å²) < 4.78 is 0. The molecule has 0 aliphatic heterocycles. The van der Waals surface area contributed by atoms with Crippen LogP contribution in [0.2, 0.25) is 0 Å². The molecule has 2 heteroatoms. The summed E-state index contributed by atoms with van der Waals surface area (Å²) in [5.41, 5.74) is 5.98. The summed E-state index contributed by atoms with van der Waals surface area (Å²) in [4.78, 5) is 2.67. The SMILES string of the molecule is CCCCCCCCCCCCCCCCCCCCCCCCCCCCN(CCN)CCCCCCCCCCCCCCCCCCCCCCCCCCCC. The van der Waals surface area contributed by atoms with Crippen LogP contribution in [-0.4, -0.2) is 31.1 Å². The Kier molecular flexibility index (Phi) is 56.9. The van der Waals surface area contributed by atoms with Crippen molar-refractivity contribution in [3.63, 3.8) is 0 Å². The van der Waals surface area contributed by atoms with Crippen LogP contribution in [0.1, 0.15) is 348 Å². The standard InChI is InChI=1S/C58H120N2/c1-3-5-7-9-11-13-15-17-19-21-23-25-27-29-31-33-35-37-39-41-43-45-47-49-51-53-56-60(58-55-59)57-54-52-50-48-46-44-42-40-38-36-34-32-30-28-26-24-22-20-18-16-14-12-10-8-6-4-2/h3-59H2,1-2H3. The van der Waals surface area contributed by atoms with Gasteiger partial charge in [-0.3, -0.25) is 0 Å². The van der Waals surface area contributed by atoms with Crippen LogP contribution in [0, 0.1) is 0 Å². The zero-order valence-corrected chi connectivity index (χ0v) is 42.6. The van der Waals surface area contributed by atoms with Gasteiger partial charge in [-0.25, -0.2) is 0 Å². The van der Waals surface area contributed by atoms with E-state index < -0.39 is 0 Å². The van der Waals surface area contributed by atoms with Crippen molar-refractivity contribution >= 4 is 0 Å². The predicted octanol–water partition coefficient (Wildman–Crippen LogP) is 20.6. The van der Waals surface area contributed by atoms with E-state index >= 15 is 0 Å². The Morgan fingerprint density at radius 3 is 0.450 bits per heavy atom. The quantitative estimate of drug-likeness (QED) is 0.0618. The Hall–Kier alpha value is -0.0800. The van der Waals surface area contributed by atoms with Crippen molar-refractivity contribution in [3.8, 4) is 0 Å². The van der Waals surface area contributed by atoms with Gasteiger partial charge in [0.25, 0.3) is 0 Å². The van der Waals surface area contributed by atoms with Gasteiger partial charge >= 0.3 is 0 Å². The topological polar surface area (TPSA) is 29.3 Å². The number of hydrogen-bond donors (Lipinski definition) is 1. The first-order chi connectivity index (χ1) is 29.8. The van der Waals surface area contributed by atoms with Crippen molar-refractivity contribution in [2.75, 3.05) is 26.2 Å². The minimum atomic E-state index is 0.818. The van der Waals surface area contributed by atoms with E-state index in [1.807, 2.05) is 0 Å². The fraction of sp³-hybridized carbons (Fsp3) is 1.00. The first-order valence-electron chi connectivity index (χ1n) is 29.3. The molecule has 60 heavy (non-hydrogen) atoms. The molecule has 0 rings (SSSR count). The van der Waals surface area contributed by atoms with Crippen LogP contribution in [0.25, 0.3) is 0 Å². The lowest BCUT2D eigenvalue weighted by molar-refractivity contribution is 0.267. The summed E-state index contributed by atoms with van der Waals surface area (Å²) in [5, 5.41) is 0. The van der Waals surface area contributed by atoms with E-state index in [0.717, 1.165) is 13.1 Å². The fourth-order valence-corrected chi connectivity index (χ4v) is 9.82. The average Bonchev–Trinajstić information content (AvgIpc) is 3.26. The lowest BCUT2D eigenvalue weighted by Gasteiger charge is -2.21. The summed E-state index contributed by atoms with van der Waals surface area (Å²) in [6, 6.07) is 0. The smallest absolute Gasteiger partial charge is 0.0105 e. The molecule has 362 valence electrons. The predicted molar refractivity (Wildman–Crippen MR) is 277 cm³/mol. The van der Waals surface area contributed by atoms with Gasteiger partial charge < -0.3 is 10.6 Å². The lowest BCUT2D eigenvalue weighted by Crippen LogP contribution is -2.31. The van der Waals surface area contributed by atoms with Gasteiger partial charge in [0.05, 0.1) is 0 Å². The van der Waals surface area contributed by atoms with Gasteiger partial charge in [0.1, 0.15) is 0 Å². The Labute approximate surface area is 383 Å². The third kappa shape index (κ3) is 54.1. The molecule has 0 saturated carbocycles. The third-order valence-corrected chi connectivity index (χ3v) is 14.1. The fourth-order valence-electron chi connectivity index (χ4n) is 9.82. The summed E-state index contributed by atoms with van der Waals surface area (Å²) in [6.45, 7) is 9.09. The van der Waals surface area contributed by atoms with Crippen molar-refractivity contribution in [2.45, 2.75) is 348 Å². The maximum absolute atomic E-state index is 5.98. The van der Waals surface area contributed by atoms with Crippen molar-refractivity contribution in [1.82, 2.24) is 4.90 Å². The van der Waals surface area contributed by atoms with Gasteiger partial charge in [-0.05, 0) is 25.9 Å². The van der Waals surface area contributed by atoms with Crippen LogP contribution in [0.15, 0.2) is 0 Å².